The number of aryl methyl sites for hydroxylation is 1. The standard InChI is InChI=1S/C17H15NO3/c1-11-16(13-8-9-14(19)15(10-13)20-2)17(18-21-11)12-6-4-3-5-7-12/h3-10,19H,1-2H3. The number of rotatable bonds is 3. The third-order valence-electron chi connectivity index (χ3n) is 3.38. The summed E-state index contributed by atoms with van der Waals surface area (Å²) in [6.07, 6.45) is 0. The number of nitrogens with zero attached hydrogens (tertiary/aromatic N) is 1. The van der Waals surface area contributed by atoms with E-state index >= 15 is 0 Å². The first-order valence-electron chi connectivity index (χ1n) is 6.60. The fraction of sp³-hybridized carbons (Fsp3) is 0.118. The van der Waals surface area contributed by atoms with E-state index in [9.17, 15) is 5.11 Å². The summed E-state index contributed by atoms with van der Waals surface area (Å²) in [7, 11) is 1.53. The Bertz CT molecular complexity index is 763. The van der Waals surface area contributed by atoms with Crippen molar-refractivity contribution in [1.29, 1.82) is 0 Å². The van der Waals surface area contributed by atoms with Crippen molar-refractivity contribution in [2.24, 2.45) is 0 Å². The Kier molecular flexibility index (Phi) is 3.36. The van der Waals surface area contributed by atoms with Crippen LogP contribution in [0.15, 0.2) is 53.1 Å². The van der Waals surface area contributed by atoms with Gasteiger partial charge in [0, 0.05) is 5.56 Å². The lowest BCUT2D eigenvalue weighted by Crippen LogP contribution is -1.87. The third-order valence-corrected chi connectivity index (χ3v) is 3.38. The van der Waals surface area contributed by atoms with Gasteiger partial charge in [-0.1, -0.05) is 41.6 Å². The largest absolute Gasteiger partial charge is 0.504 e. The molecule has 2 aromatic carbocycles. The van der Waals surface area contributed by atoms with Gasteiger partial charge in [0.15, 0.2) is 11.5 Å². The molecular formula is C17H15NO3. The molecule has 3 rings (SSSR count). The molecular weight excluding hydrogens is 266 g/mol. The minimum Gasteiger partial charge on any atom is -0.504 e. The average molecular weight is 281 g/mol. The molecule has 0 aliphatic heterocycles. The molecule has 0 fully saturated rings. The molecule has 4 heteroatoms. The Labute approximate surface area is 122 Å². The van der Waals surface area contributed by atoms with Crippen molar-refractivity contribution in [2.45, 2.75) is 6.92 Å². The first-order valence-corrected chi connectivity index (χ1v) is 6.60. The highest BCUT2D eigenvalue weighted by atomic mass is 16.5. The normalized spacial score (nSPS) is 10.6. The zero-order chi connectivity index (χ0) is 14.8. The monoisotopic (exact) mass is 281 g/mol. The molecule has 0 spiro atoms. The molecule has 0 unspecified atom stereocenters. The summed E-state index contributed by atoms with van der Waals surface area (Å²) in [5.41, 5.74) is 3.55. The molecule has 0 aliphatic rings. The molecule has 106 valence electrons. The van der Waals surface area contributed by atoms with Gasteiger partial charge >= 0.3 is 0 Å². The molecule has 1 aromatic heterocycles. The average Bonchev–Trinajstić information content (AvgIpc) is 2.90. The van der Waals surface area contributed by atoms with Gasteiger partial charge in [-0.15, -0.1) is 0 Å². The highest BCUT2D eigenvalue weighted by molar-refractivity contribution is 5.82. The molecule has 1 N–H and O–H groups in total. The van der Waals surface area contributed by atoms with Gasteiger partial charge in [-0.2, -0.15) is 0 Å². The van der Waals surface area contributed by atoms with Crippen LogP contribution in [0.25, 0.3) is 22.4 Å². The van der Waals surface area contributed by atoms with E-state index in [1.807, 2.05) is 43.3 Å². The van der Waals surface area contributed by atoms with Gasteiger partial charge in [0.1, 0.15) is 11.5 Å². The molecule has 0 saturated carbocycles. The fourth-order valence-corrected chi connectivity index (χ4v) is 2.34. The van der Waals surface area contributed by atoms with Crippen LogP contribution in [0.2, 0.25) is 0 Å². The molecule has 21 heavy (non-hydrogen) atoms. The smallest absolute Gasteiger partial charge is 0.161 e. The highest BCUT2D eigenvalue weighted by Gasteiger charge is 2.17. The minimum absolute atomic E-state index is 0.108. The van der Waals surface area contributed by atoms with Gasteiger partial charge in [-0.3, -0.25) is 0 Å². The Hall–Kier alpha value is -2.75. The van der Waals surface area contributed by atoms with Crippen molar-refractivity contribution in [2.75, 3.05) is 7.11 Å². The number of phenols is 1. The second-order valence-electron chi connectivity index (χ2n) is 4.72. The van der Waals surface area contributed by atoms with Crippen LogP contribution < -0.4 is 4.74 Å². The van der Waals surface area contributed by atoms with E-state index in [1.165, 1.54) is 7.11 Å². The molecule has 0 amide bonds. The molecule has 0 saturated heterocycles. The summed E-state index contributed by atoms with van der Waals surface area (Å²) in [6.45, 7) is 1.87. The van der Waals surface area contributed by atoms with Crippen molar-refractivity contribution in [1.82, 2.24) is 5.16 Å². The van der Waals surface area contributed by atoms with E-state index in [4.69, 9.17) is 9.26 Å². The lowest BCUT2D eigenvalue weighted by molar-refractivity contribution is 0.373. The number of hydrogen-bond donors (Lipinski definition) is 1. The molecule has 3 aromatic rings. The maximum atomic E-state index is 9.72. The van der Waals surface area contributed by atoms with Crippen LogP contribution in [0.4, 0.5) is 0 Å². The van der Waals surface area contributed by atoms with Crippen LogP contribution in [-0.4, -0.2) is 17.4 Å². The van der Waals surface area contributed by atoms with E-state index < -0.39 is 0 Å². The molecule has 0 radical (unpaired) electrons. The van der Waals surface area contributed by atoms with Crippen LogP contribution >= 0.6 is 0 Å². The van der Waals surface area contributed by atoms with Crippen molar-refractivity contribution in [3.63, 3.8) is 0 Å². The maximum absolute atomic E-state index is 9.72. The van der Waals surface area contributed by atoms with Crippen LogP contribution in [0, 0.1) is 6.92 Å². The van der Waals surface area contributed by atoms with E-state index in [-0.39, 0.29) is 5.75 Å². The zero-order valence-electron chi connectivity index (χ0n) is 11.8. The zero-order valence-corrected chi connectivity index (χ0v) is 11.8. The number of methoxy groups -OCH3 is 1. The van der Waals surface area contributed by atoms with E-state index in [2.05, 4.69) is 5.16 Å². The molecule has 0 bridgehead atoms. The van der Waals surface area contributed by atoms with Crippen LogP contribution in [0.5, 0.6) is 11.5 Å². The van der Waals surface area contributed by atoms with Gasteiger partial charge in [-0.05, 0) is 24.6 Å². The first kappa shape index (κ1) is 13.2. The van der Waals surface area contributed by atoms with Gasteiger partial charge < -0.3 is 14.4 Å². The Morgan fingerprint density at radius 2 is 1.81 bits per heavy atom. The van der Waals surface area contributed by atoms with Gasteiger partial charge in [0.05, 0.1) is 12.7 Å². The summed E-state index contributed by atoms with van der Waals surface area (Å²) in [5.74, 6) is 1.25. The highest BCUT2D eigenvalue weighted by Crippen LogP contribution is 2.38. The SMILES string of the molecule is COc1cc(-c2c(-c3ccccc3)noc2C)ccc1O. The topological polar surface area (TPSA) is 55.5 Å². The lowest BCUT2D eigenvalue weighted by Gasteiger charge is -2.07. The maximum Gasteiger partial charge on any atom is 0.161 e. The summed E-state index contributed by atoms with van der Waals surface area (Å²) in [5, 5.41) is 13.9. The summed E-state index contributed by atoms with van der Waals surface area (Å²) >= 11 is 0. The van der Waals surface area contributed by atoms with Crippen molar-refractivity contribution < 1.29 is 14.4 Å². The van der Waals surface area contributed by atoms with Gasteiger partial charge in [-0.25, -0.2) is 0 Å². The second kappa shape index (κ2) is 5.32. The van der Waals surface area contributed by atoms with E-state index in [0.29, 0.717) is 5.75 Å². The van der Waals surface area contributed by atoms with Crippen molar-refractivity contribution in [3.8, 4) is 33.9 Å². The fourth-order valence-electron chi connectivity index (χ4n) is 2.34. The van der Waals surface area contributed by atoms with Gasteiger partial charge in [0.25, 0.3) is 0 Å². The summed E-state index contributed by atoms with van der Waals surface area (Å²) in [6, 6.07) is 15.1. The Morgan fingerprint density at radius 1 is 1.05 bits per heavy atom. The predicted molar refractivity (Wildman–Crippen MR) is 80.3 cm³/mol. The van der Waals surface area contributed by atoms with E-state index in [0.717, 1.165) is 28.1 Å². The number of ether oxygens (including phenoxy) is 1. The summed E-state index contributed by atoms with van der Waals surface area (Å²) in [4.78, 5) is 0. The molecule has 4 nitrogen and oxygen atoms in total. The molecule has 1 heterocycles. The minimum atomic E-state index is 0.108. The summed E-state index contributed by atoms with van der Waals surface area (Å²) < 4.78 is 10.5. The number of phenolic OH excluding ortho intramolecular Hbond substituents is 1. The molecule has 0 atom stereocenters. The van der Waals surface area contributed by atoms with Crippen LogP contribution in [0.1, 0.15) is 5.76 Å². The first-order chi connectivity index (χ1) is 10.2. The predicted octanol–water partition coefficient (Wildman–Crippen LogP) is 4.03. The van der Waals surface area contributed by atoms with Gasteiger partial charge in [0.2, 0.25) is 0 Å². The van der Waals surface area contributed by atoms with Crippen LogP contribution in [-0.2, 0) is 0 Å². The molecule has 0 aliphatic carbocycles. The Morgan fingerprint density at radius 3 is 2.52 bits per heavy atom. The quantitative estimate of drug-likeness (QED) is 0.787. The van der Waals surface area contributed by atoms with E-state index in [1.54, 1.807) is 12.1 Å². The van der Waals surface area contributed by atoms with Crippen molar-refractivity contribution in [3.05, 3.63) is 54.3 Å². The Balaban J connectivity index is 2.17. The number of benzene rings is 2. The van der Waals surface area contributed by atoms with Crippen molar-refractivity contribution >= 4 is 0 Å². The number of hydrogen-bond acceptors (Lipinski definition) is 4. The van der Waals surface area contributed by atoms with Crippen LogP contribution in [0.3, 0.4) is 0 Å². The lowest BCUT2D eigenvalue weighted by atomic mass is 9.99. The second-order valence-corrected chi connectivity index (χ2v) is 4.72. The number of aromatic hydroxyl groups is 1. The third kappa shape index (κ3) is 2.36. The number of aromatic nitrogens is 1.